The Morgan fingerprint density at radius 2 is 2.17 bits per heavy atom. The molecule has 1 saturated carbocycles. The predicted molar refractivity (Wildman–Crippen MR) is 92.1 cm³/mol. The van der Waals surface area contributed by atoms with E-state index in [4.69, 9.17) is 6.54 Å². The molecule has 1 aromatic heterocycles. The van der Waals surface area contributed by atoms with E-state index < -0.39 is 0 Å². The fourth-order valence-electron chi connectivity index (χ4n) is 5.42. The second-order valence-corrected chi connectivity index (χ2v) is 7.67. The molecular formula is C20H25N2ORh-. The Labute approximate surface area is 158 Å². The molecule has 1 radical (unpaired) electrons. The van der Waals surface area contributed by atoms with Crippen molar-refractivity contribution >= 4 is 10.9 Å². The third-order valence-corrected chi connectivity index (χ3v) is 6.52. The summed E-state index contributed by atoms with van der Waals surface area (Å²) in [7, 11) is 2.23. The van der Waals surface area contributed by atoms with E-state index in [-0.39, 0.29) is 25.6 Å². The molecule has 3 unspecified atom stereocenters. The first-order chi connectivity index (χ1) is 11.8. The van der Waals surface area contributed by atoms with Crippen molar-refractivity contribution in [1.29, 1.82) is 1.43 Å². The molecule has 0 amide bonds. The van der Waals surface area contributed by atoms with Crippen molar-refractivity contribution in [3.63, 3.8) is 0 Å². The Morgan fingerprint density at radius 1 is 1.29 bits per heavy atom. The Balaban J connectivity index is 0.00000157. The van der Waals surface area contributed by atoms with E-state index in [1.165, 1.54) is 48.9 Å². The van der Waals surface area contributed by atoms with Gasteiger partial charge >= 0.3 is 0 Å². The Bertz CT molecular complexity index is 776. The number of aromatic nitrogens is 1. The molecule has 24 heavy (non-hydrogen) atoms. The fraction of sp³-hybridized carbons (Fsp3) is 0.550. The second-order valence-electron chi connectivity index (χ2n) is 7.67. The van der Waals surface area contributed by atoms with Gasteiger partial charge in [-0.3, -0.25) is 11.3 Å². The van der Waals surface area contributed by atoms with Crippen LogP contribution in [0.5, 0.6) is 0 Å². The number of para-hydroxylation sites is 1. The number of aliphatic hydroxyl groups excluding tert-OH is 1. The van der Waals surface area contributed by atoms with Crippen LogP contribution in [-0.4, -0.2) is 35.2 Å². The minimum Gasteiger partial charge on any atom is -0.425 e. The van der Waals surface area contributed by atoms with E-state index in [9.17, 15) is 0 Å². The summed E-state index contributed by atoms with van der Waals surface area (Å²) < 4.78 is 9.70. The minimum atomic E-state index is 0. The normalized spacial score (nSPS) is 33.1. The molecule has 5 rings (SSSR count). The van der Waals surface area contributed by atoms with Gasteiger partial charge in [-0.15, -0.1) is 0 Å². The average Bonchev–Trinajstić information content (AvgIpc) is 2.93. The molecule has 4 heteroatoms. The smallest absolute Gasteiger partial charge is 0.207 e. The molecule has 1 aromatic carbocycles. The SMILES string of the molecule is [2H]O[C@@H]1[CH-]C2CC3c4c(c5ccccc5n4C)CCN3CC2CC1.[Rh]. The van der Waals surface area contributed by atoms with Crippen LogP contribution in [0.3, 0.4) is 0 Å². The molecule has 0 bridgehead atoms. The Kier molecular flexibility index (Phi) is 4.04. The van der Waals surface area contributed by atoms with Gasteiger partial charge in [-0.25, -0.2) is 0 Å². The van der Waals surface area contributed by atoms with Crippen LogP contribution in [0, 0.1) is 18.3 Å². The summed E-state index contributed by atoms with van der Waals surface area (Å²) in [6.07, 6.45) is 6.94. The first-order valence-corrected chi connectivity index (χ1v) is 9.03. The van der Waals surface area contributed by atoms with Gasteiger partial charge in [0, 0.05) is 55.7 Å². The van der Waals surface area contributed by atoms with Gasteiger partial charge in [-0.05, 0) is 24.6 Å². The van der Waals surface area contributed by atoms with E-state index in [1.54, 1.807) is 5.56 Å². The molecule has 1 saturated heterocycles. The predicted octanol–water partition coefficient (Wildman–Crippen LogP) is 3.07. The molecular weight excluding hydrogens is 387 g/mol. The zero-order valence-electron chi connectivity index (χ0n) is 15.1. The number of benzene rings is 1. The molecule has 2 aromatic rings. The average molecular weight is 413 g/mol. The first kappa shape index (κ1) is 15.5. The molecule has 1 N–H and O–H groups in total. The number of fused-ring (bicyclic) bond motifs is 6. The van der Waals surface area contributed by atoms with Crippen LogP contribution in [-0.2, 0) is 32.9 Å². The Hall–Kier alpha value is -0.697. The number of rotatable bonds is 1. The number of piperidine rings is 1. The maximum atomic E-state index is 7.26. The van der Waals surface area contributed by atoms with Crippen molar-refractivity contribution < 1.29 is 24.6 Å². The van der Waals surface area contributed by atoms with Crippen LogP contribution in [0.1, 0.15) is 36.6 Å². The zero-order valence-corrected chi connectivity index (χ0v) is 15.7. The van der Waals surface area contributed by atoms with Gasteiger partial charge in [0.05, 0.1) is 0 Å². The number of nitrogens with zero attached hydrogens (tertiary/aromatic N) is 2. The number of hydrogen-bond donors (Lipinski definition) is 1. The number of aryl methyl sites for hydroxylation is 1. The van der Waals surface area contributed by atoms with Crippen LogP contribution >= 0.6 is 0 Å². The van der Waals surface area contributed by atoms with Gasteiger partial charge < -0.3 is 9.68 Å². The van der Waals surface area contributed by atoms with E-state index in [1.807, 2.05) is 0 Å². The van der Waals surface area contributed by atoms with Crippen molar-refractivity contribution in [2.24, 2.45) is 18.9 Å². The third kappa shape index (κ3) is 2.41. The van der Waals surface area contributed by atoms with Crippen LogP contribution in [0.4, 0.5) is 0 Å². The van der Waals surface area contributed by atoms with E-state index >= 15 is 0 Å². The Morgan fingerprint density at radius 3 is 3.04 bits per heavy atom. The molecule has 2 aliphatic heterocycles. The summed E-state index contributed by atoms with van der Waals surface area (Å²) in [6.45, 7) is 2.39. The molecule has 4 atom stereocenters. The number of hydrogen-bond acceptors (Lipinski definition) is 2. The summed E-state index contributed by atoms with van der Waals surface area (Å²) in [5.41, 5.74) is 4.46. The second kappa shape index (κ2) is 6.23. The quantitative estimate of drug-likeness (QED) is 0.575. The van der Waals surface area contributed by atoms with Crippen molar-refractivity contribution in [2.75, 3.05) is 13.1 Å². The van der Waals surface area contributed by atoms with Gasteiger partial charge in [0.1, 0.15) is 0 Å². The number of aliphatic hydroxyl groups is 1. The minimum absolute atomic E-state index is 0. The maximum Gasteiger partial charge on any atom is 0.207 e. The van der Waals surface area contributed by atoms with Crippen molar-refractivity contribution in [3.05, 3.63) is 41.9 Å². The summed E-state index contributed by atoms with van der Waals surface area (Å²) >= 11 is 0. The van der Waals surface area contributed by atoms with Gasteiger partial charge in [0.15, 0.2) is 0 Å². The summed E-state index contributed by atoms with van der Waals surface area (Å²) in [5, 5.41) is 6.33. The summed E-state index contributed by atoms with van der Waals surface area (Å²) in [4.78, 5) is 2.72. The zero-order chi connectivity index (χ0) is 16.3. The maximum absolute atomic E-state index is 7.26. The topological polar surface area (TPSA) is 28.4 Å². The molecule has 1 aliphatic carbocycles. The van der Waals surface area contributed by atoms with E-state index in [0.717, 1.165) is 12.3 Å². The van der Waals surface area contributed by atoms with E-state index in [2.05, 4.69) is 47.2 Å². The molecule has 0 spiro atoms. The standard InChI is InChI=1S/C20H25N2O.Rh/c1-21-18-5-3-2-4-16(18)17-8-9-22-12-13-6-7-15(23)10-14(13)11-19(22)20(17)21;/h2-5,10,13-15,19,23H,6-9,11-12H2,1H3;/q-1;/t13?,14?,15-,19?;/m0./s1/i23D;. The molecule has 3 nitrogen and oxygen atoms in total. The molecule has 2 fully saturated rings. The van der Waals surface area contributed by atoms with Crippen molar-refractivity contribution in [2.45, 2.75) is 37.8 Å². The van der Waals surface area contributed by atoms with Crippen molar-refractivity contribution in [3.8, 4) is 0 Å². The van der Waals surface area contributed by atoms with Crippen molar-refractivity contribution in [1.82, 2.24) is 9.47 Å². The van der Waals surface area contributed by atoms with Gasteiger partial charge in [0.25, 0.3) is 0 Å². The summed E-state index contributed by atoms with van der Waals surface area (Å²) in [6, 6.07) is 9.37. The van der Waals surface area contributed by atoms with Crippen LogP contribution in [0.15, 0.2) is 24.3 Å². The largest absolute Gasteiger partial charge is 0.425 e. The molecule has 3 heterocycles. The van der Waals surface area contributed by atoms with Crippen LogP contribution in [0.25, 0.3) is 10.9 Å². The van der Waals surface area contributed by atoms with Crippen LogP contribution < -0.4 is 0 Å². The van der Waals surface area contributed by atoms with Gasteiger partial charge in [-0.2, -0.15) is 5.92 Å². The van der Waals surface area contributed by atoms with Gasteiger partial charge in [-0.1, -0.05) is 49.5 Å². The fourth-order valence-corrected chi connectivity index (χ4v) is 5.42. The monoisotopic (exact) mass is 413 g/mol. The first-order valence-electron chi connectivity index (χ1n) is 9.44. The van der Waals surface area contributed by atoms with Gasteiger partial charge in [0.2, 0.25) is 1.43 Å². The molecule has 3 aliphatic rings. The van der Waals surface area contributed by atoms with E-state index in [0.29, 0.717) is 12.0 Å². The molecule has 131 valence electrons. The van der Waals surface area contributed by atoms with Crippen LogP contribution in [0.2, 0.25) is 0 Å². The third-order valence-electron chi connectivity index (χ3n) is 6.52. The summed E-state index contributed by atoms with van der Waals surface area (Å²) in [5.74, 6) is 1.35.